The Kier molecular flexibility index (Phi) is 8.40. The van der Waals surface area contributed by atoms with Crippen molar-refractivity contribution in [3.63, 3.8) is 0 Å². The highest BCUT2D eigenvalue weighted by Crippen LogP contribution is 2.17. The number of anilines is 2. The van der Waals surface area contributed by atoms with E-state index in [2.05, 4.69) is 53.6 Å². The Morgan fingerprint density at radius 2 is 1.74 bits per heavy atom. The third kappa shape index (κ3) is 7.47. The molecule has 4 nitrogen and oxygen atoms in total. The molecule has 146 valence electrons. The van der Waals surface area contributed by atoms with Crippen LogP contribution in [-0.2, 0) is 0 Å². The van der Waals surface area contributed by atoms with Crippen molar-refractivity contribution in [1.29, 1.82) is 0 Å². The van der Waals surface area contributed by atoms with Gasteiger partial charge in [0.05, 0.1) is 6.10 Å². The normalized spacial score (nSPS) is 10.6. The van der Waals surface area contributed by atoms with Crippen molar-refractivity contribution in [1.82, 2.24) is 5.32 Å². The van der Waals surface area contributed by atoms with Crippen LogP contribution in [0.2, 0.25) is 0 Å². The molecule has 2 N–H and O–H groups in total. The van der Waals surface area contributed by atoms with E-state index in [0.29, 0.717) is 5.11 Å². The van der Waals surface area contributed by atoms with E-state index < -0.39 is 0 Å². The van der Waals surface area contributed by atoms with Crippen LogP contribution in [0.25, 0.3) is 0 Å². The quantitative estimate of drug-likeness (QED) is 0.470. The van der Waals surface area contributed by atoms with Crippen molar-refractivity contribution in [2.24, 2.45) is 0 Å². The second kappa shape index (κ2) is 10.8. The van der Waals surface area contributed by atoms with Crippen molar-refractivity contribution >= 4 is 28.7 Å². The minimum atomic E-state index is 0.175. The maximum Gasteiger partial charge on any atom is 0.170 e. The molecular weight excluding hydrogens is 354 g/mol. The summed E-state index contributed by atoms with van der Waals surface area (Å²) >= 11 is 5.39. The first-order chi connectivity index (χ1) is 13.0. The Morgan fingerprint density at radius 1 is 1.07 bits per heavy atom. The van der Waals surface area contributed by atoms with Gasteiger partial charge in [-0.1, -0.05) is 17.7 Å². The van der Waals surface area contributed by atoms with Gasteiger partial charge in [0.2, 0.25) is 0 Å². The molecule has 0 bridgehead atoms. The summed E-state index contributed by atoms with van der Waals surface area (Å²) in [5.74, 6) is 0.866. The van der Waals surface area contributed by atoms with Gasteiger partial charge in [-0.25, -0.2) is 0 Å². The fourth-order valence-electron chi connectivity index (χ4n) is 2.76. The molecule has 2 rings (SSSR count). The molecule has 0 spiro atoms. The van der Waals surface area contributed by atoms with Gasteiger partial charge in [-0.05, 0) is 82.7 Å². The molecule has 5 heteroatoms. The van der Waals surface area contributed by atoms with Crippen molar-refractivity contribution in [3.05, 3.63) is 54.1 Å². The number of aryl methyl sites for hydroxylation is 1. The van der Waals surface area contributed by atoms with Crippen LogP contribution in [0, 0.1) is 6.92 Å². The SMILES string of the molecule is CCN(CCCNC(=S)Nc1ccc(OC(C)C)cc1)c1ccc(C)cc1. The van der Waals surface area contributed by atoms with Gasteiger partial charge in [0, 0.05) is 31.0 Å². The number of nitrogens with zero attached hydrogens (tertiary/aromatic N) is 1. The molecule has 0 heterocycles. The van der Waals surface area contributed by atoms with E-state index in [0.717, 1.165) is 37.5 Å². The van der Waals surface area contributed by atoms with Crippen LogP contribution in [-0.4, -0.2) is 30.9 Å². The summed E-state index contributed by atoms with van der Waals surface area (Å²) < 4.78 is 5.65. The van der Waals surface area contributed by atoms with Crippen molar-refractivity contribution in [3.8, 4) is 5.75 Å². The minimum Gasteiger partial charge on any atom is -0.491 e. The Balaban J connectivity index is 1.71. The Labute approximate surface area is 168 Å². The highest BCUT2D eigenvalue weighted by Gasteiger charge is 2.04. The van der Waals surface area contributed by atoms with Gasteiger partial charge >= 0.3 is 0 Å². The molecule has 0 saturated carbocycles. The highest BCUT2D eigenvalue weighted by molar-refractivity contribution is 7.80. The number of hydrogen-bond donors (Lipinski definition) is 2. The van der Waals surface area contributed by atoms with E-state index in [9.17, 15) is 0 Å². The van der Waals surface area contributed by atoms with Crippen LogP contribution in [0.1, 0.15) is 32.8 Å². The number of ether oxygens (including phenoxy) is 1. The molecule has 0 aromatic heterocycles. The van der Waals surface area contributed by atoms with Gasteiger partial charge in [0.25, 0.3) is 0 Å². The summed E-state index contributed by atoms with van der Waals surface area (Å²) in [5.41, 5.74) is 3.52. The average Bonchev–Trinajstić information content (AvgIpc) is 2.64. The summed E-state index contributed by atoms with van der Waals surface area (Å²) in [6.45, 7) is 11.2. The average molecular weight is 386 g/mol. The predicted octanol–water partition coefficient (Wildman–Crippen LogP) is 4.99. The predicted molar refractivity (Wildman–Crippen MR) is 120 cm³/mol. The minimum absolute atomic E-state index is 0.175. The van der Waals surface area contributed by atoms with Crippen LogP contribution in [0.4, 0.5) is 11.4 Å². The largest absolute Gasteiger partial charge is 0.491 e. The number of thiocarbonyl (C=S) groups is 1. The first-order valence-corrected chi connectivity index (χ1v) is 10.0. The van der Waals surface area contributed by atoms with Gasteiger partial charge in [0.15, 0.2) is 5.11 Å². The maximum atomic E-state index is 5.65. The molecule has 0 amide bonds. The second-order valence-corrected chi connectivity index (χ2v) is 7.25. The van der Waals surface area contributed by atoms with Gasteiger partial charge < -0.3 is 20.3 Å². The molecule has 0 fully saturated rings. The lowest BCUT2D eigenvalue weighted by Crippen LogP contribution is -2.32. The lowest BCUT2D eigenvalue weighted by molar-refractivity contribution is 0.242. The maximum absolute atomic E-state index is 5.65. The first kappa shape index (κ1) is 21.0. The molecule has 0 unspecified atom stereocenters. The summed E-state index contributed by atoms with van der Waals surface area (Å²) in [5, 5.41) is 7.14. The molecule has 0 aliphatic rings. The number of benzene rings is 2. The topological polar surface area (TPSA) is 36.5 Å². The second-order valence-electron chi connectivity index (χ2n) is 6.84. The zero-order valence-corrected chi connectivity index (χ0v) is 17.6. The van der Waals surface area contributed by atoms with Crippen molar-refractivity contribution in [2.75, 3.05) is 29.9 Å². The smallest absolute Gasteiger partial charge is 0.170 e. The van der Waals surface area contributed by atoms with Crippen molar-refractivity contribution < 1.29 is 4.74 Å². The van der Waals surface area contributed by atoms with E-state index in [4.69, 9.17) is 17.0 Å². The highest BCUT2D eigenvalue weighted by atomic mass is 32.1. The Bertz CT molecular complexity index is 699. The third-order valence-electron chi connectivity index (χ3n) is 4.16. The molecule has 2 aromatic rings. The van der Waals surface area contributed by atoms with Crippen LogP contribution in [0.3, 0.4) is 0 Å². The summed E-state index contributed by atoms with van der Waals surface area (Å²) in [4.78, 5) is 2.38. The zero-order valence-electron chi connectivity index (χ0n) is 16.8. The number of nitrogens with one attached hydrogen (secondary N) is 2. The van der Waals surface area contributed by atoms with Gasteiger partial charge in [0.1, 0.15) is 5.75 Å². The van der Waals surface area contributed by atoms with Crippen LogP contribution < -0.4 is 20.3 Å². The van der Waals surface area contributed by atoms with Crippen LogP contribution >= 0.6 is 12.2 Å². The van der Waals surface area contributed by atoms with E-state index in [1.165, 1.54) is 11.3 Å². The lowest BCUT2D eigenvalue weighted by atomic mass is 10.2. The summed E-state index contributed by atoms with van der Waals surface area (Å²) in [6, 6.07) is 16.5. The molecular formula is C22H31N3OS. The third-order valence-corrected chi connectivity index (χ3v) is 4.40. The van der Waals surface area contributed by atoms with Gasteiger partial charge in [-0.2, -0.15) is 0 Å². The Morgan fingerprint density at radius 3 is 2.33 bits per heavy atom. The fraction of sp³-hybridized carbons (Fsp3) is 0.409. The molecule has 0 radical (unpaired) electrons. The van der Waals surface area contributed by atoms with Gasteiger partial charge in [-0.3, -0.25) is 0 Å². The summed E-state index contributed by atoms with van der Waals surface area (Å²) in [6.07, 6.45) is 1.19. The molecule has 0 saturated heterocycles. The molecule has 0 aliphatic heterocycles. The van der Waals surface area contributed by atoms with E-state index in [1.54, 1.807) is 0 Å². The first-order valence-electron chi connectivity index (χ1n) is 9.61. The molecule has 27 heavy (non-hydrogen) atoms. The Hall–Kier alpha value is -2.27. The van der Waals surface area contributed by atoms with E-state index in [-0.39, 0.29) is 6.10 Å². The lowest BCUT2D eigenvalue weighted by Gasteiger charge is -2.23. The molecule has 2 aromatic carbocycles. The zero-order chi connectivity index (χ0) is 19.6. The molecule has 0 atom stereocenters. The number of rotatable bonds is 9. The van der Waals surface area contributed by atoms with Crippen LogP contribution in [0.5, 0.6) is 5.75 Å². The monoisotopic (exact) mass is 385 g/mol. The van der Waals surface area contributed by atoms with Crippen molar-refractivity contribution in [2.45, 2.75) is 40.2 Å². The fourth-order valence-corrected chi connectivity index (χ4v) is 2.98. The van der Waals surface area contributed by atoms with Crippen LogP contribution in [0.15, 0.2) is 48.5 Å². The number of hydrogen-bond acceptors (Lipinski definition) is 3. The van der Waals surface area contributed by atoms with Gasteiger partial charge in [-0.15, -0.1) is 0 Å². The van der Waals surface area contributed by atoms with E-state index in [1.807, 2.05) is 38.1 Å². The summed E-state index contributed by atoms with van der Waals surface area (Å²) in [7, 11) is 0. The van der Waals surface area contributed by atoms with E-state index >= 15 is 0 Å². The standard InChI is InChI=1S/C22H31N3OS/c1-5-25(20-11-7-18(4)8-12-20)16-6-15-23-22(27)24-19-9-13-21(14-10-19)26-17(2)3/h7-14,17H,5-6,15-16H2,1-4H3,(H2,23,24,27). The molecule has 0 aliphatic carbocycles.